The van der Waals surface area contributed by atoms with Crippen molar-refractivity contribution in [2.24, 2.45) is 11.5 Å². The van der Waals surface area contributed by atoms with Crippen molar-refractivity contribution in [1.29, 1.82) is 0 Å². The summed E-state index contributed by atoms with van der Waals surface area (Å²) in [6, 6.07) is 0. The maximum absolute atomic E-state index is 10.7. The summed E-state index contributed by atoms with van der Waals surface area (Å²) in [6.45, 7) is 1.10. The number of nitrogens with two attached hydrogens (primary N) is 2. The first-order valence-electron chi connectivity index (χ1n) is 2.68. The zero-order valence-corrected chi connectivity index (χ0v) is 6.54. The largest absolute Gasteiger partial charge is 0.370 e. The van der Waals surface area contributed by atoms with E-state index in [4.69, 9.17) is 16.4 Å². The molecule has 5 nitrogen and oxygen atoms in total. The highest BCUT2D eigenvalue weighted by atomic mass is 31.2. The predicted molar refractivity (Wildman–Crippen MR) is 37.5 cm³/mol. The molecule has 0 spiro atoms. The molecule has 6 heteroatoms. The first-order valence-corrected chi connectivity index (χ1v) is 4.85. The number of hydrogen-bond donors (Lipinski definition) is 3. The van der Waals surface area contributed by atoms with Crippen LogP contribution in [0.15, 0.2) is 0 Å². The van der Waals surface area contributed by atoms with Gasteiger partial charge in [-0.3, -0.25) is 9.36 Å². The lowest BCUT2D eigenvalue weighted by atomic mass is 10.4. The van der Waals surface area contributed by atoms with Gasteiger partial charge in [-0.25, -0.2) is 0 Å². The Morgan fingerprint density at radius 1 is 1.80 bits per heavy atom. The van der Waals surface area contributed by atoms with E-state index in [0.717, 1.165) is 6.66 Å². The third-order valence-corrected chi connectivity index (χ3v) is 2.44. The molecule has 0 rings (SSSR count). The van der Waals surface area contributed by atoms with Crippen LogP contribution in [0.1, 0.15) is 6.42 Å². The van der Waals surface area contributed by atoms with Crippen molar-refractivity contribution in [2.45, 2.75) is 12.2 Å². The second-order valence-electron chi connectivity index (χ2n) is 2.18. The van der Waals surface area contributed by atoms with E-state index < -0.39 is 19.1 Å². The van der Waals surface area contributed by atoms with E-state index >= 15 is 0 Å². The lowest BCUT2D eigenvalue weighted by molar-refractivity contribution is -0.118. The van der Waals surface area contributed by atoms with Crippen molar-refractivity contribution in [3.05, 3.63) is 0 Å². The molecule has 10 heavy (non-hydrogen) atoms. The van der Waals surface area contributed by atoms with Crippen molar-refractivity contribution in [2.75, 3.05) is 6.66 Å². The van der Waals surface area contributed by atoms with Gasteiger partial charge in [-0.1, -0.05) is 0 Å². The average molecular weight is 166 g/mol. The van der Waals surface area contributed by atoms with E-state index in [1.807, 2.05) is 0 Å². The van der Waals surface area contributed by atoms with E-state index in [1.54, 1.807) is 0 Å². The summed E-state index contributed by atoms with van der Waals surface area (Å²) in [7, 11) is -3.33. The van der Waals surface area contributed by atoms with Gasteiger partial charge in [0.05, 0.1) is 12.2 Å². The van der Waals surface area contributed by atoms with Crippen molar-refractivity contribution in [3.8, 4) is 0 Å². The minimum Gasteiger partial charge on any atom is -0.370 e. The zero-order chi connectivity index (χ0) is 8.36. The lowest BCUT2D eigenvalue weighted by Crippen LogP contribution is -2.27. The van der Waals surface area contributed by atoms with Gasteiger partial charge in [0.15, 0.2) is 0 Å². The first-order chi connectivity index (χ1) is 4.34. The predicted octanol–water partition coefficient (Wildman–Crippen LogP) is -0.953. The van der Waals surface area contributed by atoms with Gasteiger partial charge in [0, 0.05) is 6.66 Å². The van der Waals surface area contributed by atoms with Crippen molar-refractivity contribution >= 4 is 13.3 Å². The topological polar surface area (TPSA) is 106 Å². The van der Waals surface area contributed by atoms with E-state index in [-0.39, 0.29) is 6.42 Å². The first kappa shape index (κ1) is 9.62. The van der Waals surface area contributed by atoms with Gasteiger partial charge in [0.25, 0.3) is 0 Å². The number of hydrogen-bond acceptors (Lipinski definition) is 3. The molecule has 0 bridgehead atoms. The molecule has 0 saturated carbocycles. The molecule has 0 fully saturated rings. The summed E-state index contributed by atoms with van der Waals surface area (Å²) in [5.41, 5.74) is 9.88. The Balaban J connectivity index is 3.98. The summed E-state index contributed by atoms with van der Waals surface area (Å²) in [6.07, 6.45) is -0.246. The molecule has 0 aliphatic heterocycles. The second-order valence-corrected chi connectivity index (χ2v) is 4.73. The summed E-state index contributed by atoms with van der Waals surface area (Å²) < 4.78 is 10.7. The third-order valence-electron chi connectivity index (χ3n) is 1.03. The van der Waals surface area contributed by atoms with Crippen LogP contribution >= 0.6 is 7.37 Å². The molecule has 2 atom stereocenters. The second kappa shape index (κ2) is 3.14. The van der Waals surface area contributed by atoms with Crippen LogP contribution in [-0.2, 0) is 9.36 Å². The molecule has 5 N–H and O–H groups in total. The van der Waals surface area contributed by atoms with Crippen LogP contribution in [0.3, 0.4) is 0 Å². The molecule has 60 valence electrons. The Labute approximate surface area is 58.8 Å². The molecule has 2 unspecified atom stereocenters. The van der Waals surface area contributed by atoms with Crippen LogP contribution in [0.25, 0.3) is 0 Å². The average Bonchev–Trinajstić information content (AvgIpc) is 1.60. The van der Waals surface area contributed by atoms with E-state index in [0.29, 0.717) is 0 Å². The number of carbonyl (C=O) groups excluding carboxylic acids is 1. The van der Waals surface area contributed by atoms with Gasteiger partial charge in [0.2, 0.25) is 13.3 Å². The van der Waals surface area contributed by atoms with Crippen LogP contribution in [-0.4, -0.2) is 23.2 Å². The number of rotatable bonds is 3. The van der Waals surface area contributed by atoms with E-state index in [9.17, 15) is 9.36 Å². The normalized spacial score (nSPS) is 19.5. The van der Waals surface area contributed by atoms with Crippen LogP contribution in [0.4, 0.5) is 0 Å². The van der Waals surface area contributed by atoms with Crippen LogP contribution in [0.2, 0.25) is 0 Å². The van der Waals surface area contributed by atoms with Gasteiger partial charge in [-0.15, -0.1) is 0 Å². The minimum absolute atomic E-state index is 0.246. The molecule has 1 amide bonds. The Morgan fingerprint density at radius 2 is 2.20 bits per heavy atom. The summed E-state index contributed by atoms with van der Waals surface area (Å²) in [4.78, 5) is 18.9. The summed E-state index contributed by atoms with van der Waals surface area (Å²) in [5, 5.41) is 0. The molecular formula is C4H11N2O3P. The van der Waals surface area contributed by atoms with Crippen molar-refractivity contribution in [3.63, 3.8) is 0 Å². The molecular weight excluding hydrogens is 155 g/mol. The van der Waals surface area contributed by atoms with E-state index in [1.165, 1.54) is 0 Å². The third kappa shape index (κ3) is 3.61. The minimum atomic E-state index is -3.33. The van der Waals surface area contributed by atoms with Crippen LogP contribution < -0.4 is 11.5 Å². The number of primary amides is 1. The quantitative estimate of drug-likeness (QED) is 0.469. The van der Waals surface area contributed by atoms with Gasteiger partial charge in [0.1, 0.15) is 0 Å². The van der Waals surface area contributed by atoms with Crippen molar-refractivity contribution in [1.82, 2.24) is 0 Å². The standard InChI is InChI=1S/C4H11N2O3P/c1-10(8,9)4(6)2-3(5)7/h4H,2,6H2,1H3,(H2,5,7)(H,8,9). The van der Waals surface area contributed by atoms with E-state index in [2.05, 4.69) is 0 Å². The Kier molecular flexibility index (Phi) is 3.02. The smallest absolute Gasteiger partial charge is 0.219 e. The van der Waals surface area contributed by atoms with Gasteiger partial charge in [-0.05, 0) is 0 Å². The summed E-state index contributed by atoms with van der Waals surface area (Å²) >= 11 is 0. The number of amides is 1. The maximum Gasteiger partial charge on any atom is 0.219 e. The Hall–Kier alpha value is -0.380. The Morgan fingerprint density at radius 3 is 2.30 bits per heavy atom. The highest BCUT2D eigenvalue weighted by molar-refractivity contribution is 7.57. The molecule has 0 saturated heterocycles. The monoisotopic (exact) mass is 166 g/mol. The van der Waals surface area contributed by atoms with Gasteiger partial charge < -0.3 is 16.4 Å². The summed E-state index contributed by atoms with van der Waals surface area (Å²) in [5.74, 6) is -1.69. The highest BCUT2D eigenvalue weighted by Gasteiger charge is 2.22. The SMILES string of the molecule is CP(=O)(O)C(N)CC(N)=O. The van der Waals surface area contributed by atoms with Gasteiger partial charge >= 0.3 is 0 Å². The molecule has 0 radical (unpaired) electrons. The van der Waals surface area contributed by atoms with Crippen LogP contribution in [0, 0.1) is 0 Å². The molecule has 0 aliphatic rings. The zero-order valence-electron chi connectivity index (χ0n) is 5.65. The molecule has 0 aromatic carbocycles. The molecule has 0 aromatic heterocycles. The van der Waals surface area contributed by atoms with Gasteiger partial charge in [-0.2, -0.15) is 0 Å². The van der Waals surface area contributed by atoms with Crippen LogP contribution in [0.5, 0.6) is 0 Å². The molecule has 0 heterocycles. The highest BCUT2D eigenvalue weighted by Crippen LogP contribution is 2.39. The number of carbonyl (C=O) groups is 1. The lowest BCUT2D eigenvalue weighted by Gasteiger charge is -2.11. The van der Waals surface area contributed by atoms with Crippen molar-refractivity contribution < 1.29 is 14.3 Å². The fourth-order valence-electron chi connectivity index (χ4n) is 0.376. The molecule has 0 aliphatic carbocycles. The fraction of sp³-hybridized carbons (Fsp3) is 0.750. The molecule has 0 aromatic rings. The maximum atomic E-state index is 10.7. The fourth-order valence-corrected chi connectivity index (χ4v) is 0.894. The Bertz CT molecular complexity index is 175.